The first kappa shape index (κ1) is 24.2. The summed E-state index contributed by atoms with van der Waals surface area (Å²) in [6.45, 7) is 2.02. The number of amides is 2. The summed E-state index contributed by atoms with van der Waals surface area (Å²) in [5, 5.41) is 12.3. The molecule has 0 saturated carbocycles. The fourth-order valence-electron chi connectivity index (χ4n) is 3.65. The molecular formula is C21H23Cl2N3O5S. The van der Waals surface area contributed by atoms with Gasteiger partial charge in [0.2, 0.25) is 5.91 Å². The van der Waals surface area contributed by atoms with Crippen molar-refractivity contribution >= 4 is 56.6 Å². The van der Waals surface area contributed by atoms with Crippen LogP contribution in [0.3, 0.4) is 0 Å². The summed E-state index contributed by atoms with van der Waals surface area (Å²) >= 11 is 12.5. The van der Waals surface area contributed by atoms with E-state index in [2.05, 4.69) is 5.32 Å². The minimum atomic E-state index is -4.15. The van der Waals surface area contributed by atoms with Crippen molar-refractivity contribution in [2.24, 2.45) is 5.92 Å². The quantitative estimate of drug-likeness (QED) is 0.606. The lowest BCUT2D eigenvalue weighted by atomic mass is 9.97. The number of para-hydroxylation sites is 1. The second kappa shape index (κ2) is 9.97. The van der Waals surface area contributed by atoms with Gasteiger partial charge in [-0.3, -0.25) is 9.10 Å². The van der Waals surface area contributed by atoms with Gasteiger partial charge in [0, 0.05) is 31.6 Å². The summed E-state index contributed by atoms with van der Waals surface area (Å²) < 4.78 is 28.8. The third-order valence-corrected chi connectivity index (χ3v) is 7.64. The number of carboxylic acid groups (broad SMARTS) is 1. The molecule has 1 aliphatic rings. The van der Waals surface area contributed by atoms with Crippen LogP contribution in [0.15, 0.2) is 47.4 Å². The van der Waals surface area contributed by atoms with Crippen LogP contribution in [0.4, 0.5) is 16.2 Å². The first-order valence-electron chi connectivity index (χ1n) is 9.92. The summed E-state index contributed by atoms with van der Waals surface area (Å²) in [5.74, 6) is -0.496. The molecule has 1 fully saturated rings. The summed E-state index contributed by atoms with van der Waals surface area (Å²) in [7, 11) is -4.15. The van der Waals surface area contributed by atoms with Crippen LogP contribution >= 0.6 is 23.2 Å². The average Bonchev–Trinajstić information content (AvgIpc) is 2.74. The van der Waals surface area contributed by atoms with Crippen molar-refractivity contribution < 1.29 is 23.1 Å². The van der Waals surface area contributed by atoms with E-state index in [1.54, 1.807) is 18.2 Å². The van der Waals surface area contributed by atoms with Crippen molar-refractivity contribution in [1.29, 1.82) is 0 Å². The Morgan fingerprint density at radius 2 is 1.81 bits per heavy atom. The van der Waals surface area contributed by atoms with Crippen molar-refractivity contribution in [3.8, 4) is 0 Å². The number of benzene rings is 2. The summed E-state index contributed by atoms with van der Waals surface area (Å²) in [5.41, 5.74) is 0.376. The number of piperidine rings is 1. The molecule has 2 amide bonds. The number of hydrogen-bond acceptors (Lipinski definition) is 4. The first-order valence-corrected chi connectivity index (χ1v) is 12.1. The van der Waals surface area contributed by atoms with Gasteiger partial charge in [-0.15, -0.1) is 0 Å². The van der Waals surface area contributed by atoms with Crippen LogP contribution < -0.4 is 9.62 Å². The smallest absolute Gasteiger partial charge is 0.407 e. The predicted octanol–water partition coefficient (Wildman–Crippen LogP) is 4.54. The van der Waals surface area contributed by atoms with E-state index >= 15 is 0 Å². The van der Waals surface area contributed by atoms with E-state index in [0.29, 0.717) is 31.0 Å². The van der Waals surface area contributed by atoms with Crippen molar-refractivity contribution in [3.05, 3.63) is 52.5 Å². The second-order valence-corrected chi connectivity index (χ2v) is 10.2. The molecule has 0 aromatic heterocycles. The van der Waals surface area contributed by atoms with Crippen LogP contribution in [-0.4, -0.2) is 50.1 Å². The maximum atomic E-state index is 13.8. The Morgan fingerprint density at radius 3 is 2.44 bits per heavy atom. The third kappa shape index (κ3) is 5.46. The first-order chi connectivity index (χ1) is 15.1. The molecule has 0 spiro atoms. The zero-order valence-corrected chi connectivity index (χ0v) is 19.6. The van der Waals surface area contributed by atoms with Gasteiger partial charge in [0.05, 0.1) is 16.4 Å². The van der Waals surface area contributed by atoms with Crippen molar-refractivity contribution in [2.75, 3.05) is 29.3 Å². The lowest BCUT2D eigenvalue weighted by Crippen LogP contribution is -2.42. The van der Waals surface area contributed by atoms with Gasteiger partial charge in [-0.05, 0) is 49.1 Å². The Balaban J connectivity index is 2.02. The van der Waals surface area contributed by atoms with E-state index in [1.165, 1.54) is 40.4 Å². The standard InChI is InChI=1S/C21H23Cl2N3O5S/c1-14(27)24-18-4-2-3-5-20(18)32(30,31)26(19-12-16(22)6-7-17(19)23)13-15-8-10-25(11-9-15)21(28)29/h2-7,12,15H,8-11,13H2,1H3,(H,24,27)(H,28,29). The lowest BCUT2D eigenvalue weighted by Gasteiger charge is -2.34. The highest BCUT2D eigenvalue weighted by molar-refractivity contribution is 7.93. The van der Waals surface area contributed by atoms with E-state index in [4.69, 9.17) is 23.2 Å². The number of halogens is 2. The number of nitrogens with one attached hydrogen (secondary N) is 1. The van der Waals surface area contributed by atoms with Crippen molar-refractivity contribution in [3.63, 3.8) is 0 Å². The third-order valence-electron chi connectivity index (χ3n) is 5.25. The van der Waals surface area contributed by atoms with Gasteiger partial charge in [0.1, 0.15) is 4.90 Å². The molecule has 0 unspecified atom stereocenters. The van der Waals surface area contributed by atoms with E-state index in [-0.39, 0.29) is 33.8 Å². The molecule has 2 N–H and O–H groups in total. The number of hydrogen-bond donors (Lipinski definition) is 2. The highest BCUT2D eigenvalue weighted by Gasteiger charge is 2.33. The van der Waals surface area contributed by atoms with Gasteiger partial charge in [-0.25, -0.2) is 13.2 Å². The average molecular weight is 500 g/mol. The molecule has 1 heterocycles. The Hall–Kier alpha value is -2.49. The molecule has 1 aliphatic heterocycles. The normalized spacial score (nSPS) is 14.8. The Morgan fingerprint density at radius 1 is 1.16 bits per heavy atom. The molecule has 2 aromatic carbocycles. The SMILES string of the molecule is CC(=O)Nc1ccccc1S(=O)(=O)N(CC1CCN(C(=O)O)CC1)c1cc(Cl)ccc1Cl. The zero-order chi connectivity index (χ0) is 23.5. The molecule has 172 valence electrons. The molecule has 32 heavy (non-hydrogen) atoms. The van der Waals surface area contributed by atoms with Gasteiger partial charge in [-0.1, -0.05) is 35.3 Å². The van der Waals surface area contributed by atoms with Gasteiger partial charge < -0.3 is 15.3 Å². The van der Waals surface area contributed by atoms with Crippen LogP contribution in [0.5, 0.6) is 0 Å². The largest absolute Gasteiger partial charge is 0.465 e. The molecule has 8 nitrogen and oxygen atoms in total. The predicted molar refractivity (Wildman–Crippen MR) is 124 cm³/mol. The molecule has 3 rings (SSSR count). The molecule has 0 bridgehead atoms. The number of nitrogens with zero attached hydrogens (tertiary/aromatic N) is 2. The van der Waals surface area contributed by atoms with Crippen molar-refractivity contribution in [1.82, 2.24) is 4.90 Å². The van der Waals surface area contributed by atoms with Gasteiger partial charge >= 0.3 is 6.09 Å². The number of carbonyl (C=O) groups excluding carboxylic acids is 1. The summed E-state index contributed by atoms with van der Waals surface area (Å²) in [6.07, 6.45) is 0.0169. The van der Waals surface area contributed by atoms with E-state index < -0.39 is 22.0 Å². The van der Waals surface area contributed by atoms with Crippen LogP contribution in [0.2, 0.25) is 10.0 Å². The van der Waals surface area contributed by atoms with Gasteiger partial charge in [0.15, 0.2) is 0 Å². The molecule has 0 radical (unpaired) electrons. The number of sulfonamides is 1. The van der Waals surface area contributed by atoms with Crippen LogP contribution in [0.25, 0.3) is 0 Å². The number of rotatable bonds is 6. The van der Waals surface area contributed by atoms with Gasteiger partial charge in [-0.2, -0.15) is 0 Å². The summed E-state index contributed by atoms with van der Waals surface area (Å²) in [4.78, 5) is 24.1. The Labute approximate surface area is 196 Å². The monoisotopic (exact) mass is 499 g/mol. The van der Waals surface area contributed by atoms with E-state index in [9.17, 15) is 23.1 Å². The highest BCUT2D eigenvalue weighted by Crippen LogP contribution is 2.36. The minimum absolute atomic E-state index is 0.0748. The number of likely N-dealkylation sites (tertiary alicyclic amines) is 1. The Kier molecular flexibility index (Phi) is 7.53. The topological polar surface area (TPSA) is 107 Å². The van der Waals surface area contributed by atoms with E-state index in [1.807, 2.05) is 0 Å². The fraction of sp³-hybridized carbons (Fsp3) is 0.333. The second-order valence-electron chi connectivity index (χ2n) is 7.52. The van der Waals surface area contributed by atoms with Gasteiger partial charge in [0.25, 0.3) is 10.0 Å². The van der Waals surface area contributed by atoms with Crippen molar-refractivity contribution in [2.45, 2.75) is 24.7 Å². The summed E-state index contributed by atoms with van der Waals surface area (Å²) in [6, 6.07) is 10.7. The van der Waals surface area contributed by atoms with E-state index in [0.717, 1.165) is 0 Å². The molecule has 1 saturated heterocycles. The number of carbonyl (C=O) groups is 2. The molecule has 0 aliphatic carbocycles. The number of anilines is 2. The minimum Gasteiger partial charge on any atom is -0.465 e. The Bertz CT molecular complexity index is 1120. The highest BCUT2D eigenvalue weighted by atomic mass is 35.5. The van der Waals surface area contributed by atoms with Crippen LogP contribution in [-0.2, 0) is 14.8 Å². The zero-order valence-electron chi connectivity index (χ0n) is 17.3. The van der Waals surface area contributed by atoms with Crippen LogP contribution in [0.1, 0.15) is 19.8 Å². The molecule has 11 heteroatoms. The molecule has 2 aromatic rings. The molecular weight excluding hydrogens is 477 g/mol. The lowest BCUT2D eigenvalue weighted by molar-refractivity contribution is -0.114. The maximum absolute atomic E-state index is 13.8. The molecule has 0 atom stereocenters. The maximum Gasteiger partial charge on any atom is 0.407 e. The van der Waals surface area contributed by atoms with Crippen LogP contribution in [0, 0.1) is 5.92 Å². The fourth-order valence-corrected chi connectivity index (χ4v) is 5.79.